The Bertz CT molecular complexity index is 1600. The fourth-order valence-electron chi connectivity index (χ4n) is 3.78. The number of hydrogen-bond donors (Lipinski definition) is 0. The lowest BCUT2D eigenvalue weighted by Crippen LogP contribution is -2.20. The van der Waals surface area contributed by atoms with E-state index in [4.69, 9.17) is 14.1 Å². The number of furan rings is 1. The van der Waals surface area contributed by atoms with Gasteiger partial charge in [0.1, 0.15) is 17.9 Å². The first-order valence-corrected chi connectivity index (χ1v) is 11.2. The van der Waals surface area contributed by atoms with Crippen molar-refractivity contribution in [1.29, 1.82) is 0 Å². The highest BCUT2D eigenvalue weighted by atomic mass is 16.5. The van der Waals surface area contributed by atoms with Crippen LogP contribution in [0.2, 0.25) is 0 Å². The first kappa shape index (κ1) is 22.2. The van der Waals surface area contributed by atoms with Gasteiger partial charge in [0, 0.05) is 36.8 Å². The molecular formula is C28H24N4O3. The van der Waals surface area contributed by atoms with Crippen LogP contribution in [0.3, 0.4) is 0 Å². The van der Waals surface area contributed by atoms with Crippen molar-refractivity contribution >= 4 is 33.8 Å². The van der Waals surface area contributed by atoms with Crippen molar-refractivity contribution in [2.24, 2.45) is 5.10 Å². The highest BCUT2D eigenvalue weighted by Gasteiger charge is 2.16. The van der Waals surface area contributed by atoms with E-state index in [-0.39, 0.29) is 5.56 Å². The summed E-state index contributed by atoms with van der Waals surface area (Å²) < 4.78 is 13.2. The largest absolute Gasteiger partial charge is 0.489 e. The summed E-state index contributed by atoms with van der Waals surface area (Å²) in [6.45, 7) is 4.07. The fourth-order valence-corrected chi connectivity index (χ4v) is 3.78. The summed E-state index contributed by atoms with van der Waals surface area (Å²) in [6.07, 6.45) is 3.28. The summed E-state index contributed by atoms with van der Waals surface area (Å²) in [4.78, 5) is 20.2. The minimum atomic E-state index is -0.291. The minimum absolute atomic E-state index is 0.291. The van der Waals surface area contributed by atoms with Crippen molar-refractivity contribution in [1.82, 2.24) is 9.66 Å². The molecule has 5 rings (SSSR count). The van der Waals surface area contributed by atoms with Gasteiger partial charge in [-0.05, 0) is 36.4 Å². The lowest BCUT2D eigenvalue weighted by atomic mass is 10.2. The van der Waals surface area contributed by atoms with Crippen molar-refractivity contribution in [2.75, 3.05) is 25.6 Å². The highest BCUT2D eigenvalue weighted by Crippen LogP contribution is 2.28. The van der Waals surface area contributed by atoms with E-state index in [1.54, 1.807) is 24.4 Å². The normalized spacial score (nSPS) is 11.4. The van der Waals surface area contributed by atoms with Crippen LogP contribution in [-0.4, -0.2) is 36.6 Å². The molecule has 0 N–H and O–H groups in total. The lowest BCUT2D eigenvalue weighted by Gasteiger charge is -2.15. The van der Waals surface area contributed by atoms with Crippen LogP contribution in [0.5, 0.6) is 5.75 Å². The number of benzene rings is 3. The zero-order valence-corrected chi connectivity index (χ0v) is 19.5. The fraction of sp³-hybridized carbons (Fsp3) is 0.107. The third-order valence-corrected chi connectivity index (χ3v) is 5.58. The van der Waals surface area contributed by atoms with Crippen LogP contribution in [0.4, 0.5) is 5.69 Å². The monoisotopic (exact) mass is 464 g/mol. The quantitative estimate of drug-likeness (QED) is 0.241. The Morgan fingerprint density at radius 1 is 1.09 bits per heavy atom. The maximum absolute atomic E-state index is 13.5. The molecule has 0 saturated carbocycles. The molecule has 0 aliphatic heterocycles. The molecule has 0 fully saturated rings. The Hall–Kier alpha value is -4.65. The van der Waals surface area contributed by atoms with Crippen molar-refractivity contribution < 1.29 is 9.15 Å². The van der Waals surface area contributed by atoms with Crippen molar-refractivity contribution in [3.8, 4) is 17.3 Å². The molecule has 7 heteroatoms. The van der Waals surface area contributed by atoms with Crippen molar-refractivity contribution in [3.05, 3.63) is 101 Å². The predicted molar refractivity (Wildman–Crippen MR) is 141 cm³/mol. The van der Waals surface area contributed by atoms with Crippen LogP contribution in [0.15, 0.2) is 99.8 Å². The summed E-state index contributed by atoms with van der Waals surface area (Å²) in [5.74, 6) is 1.41. The van der Waals surface area contributed by atoms with Crippen LogP contribution in [0.1, 0.15) is 5.56 Å². The third-order valence-electron chi connectivity index (χ3n) is 5.58. The Morgan fingerprint density at radius 2 is 1.89 bits per heavy atom. The molecule has 2 aromatic heterocycles. The van der Waals surface area contributed by atoms with E-state index in [0.29, 0.717) is 46.0 Å². The van der Waals surface area contributed by atoms with Gasteiger partial charge >= 0.3 is 0 Å². The second-order valence-electron chi connectivity index (χ2n) is 8.18. The predicted octanol–water partition coefficient (Wildman–Crippen LogP) is 5.32. The molecule has 174 valence electrons. The molecule has 0 spiro atoms. The number of aromatic nitrogens is 2. The number of nitrogens with zero attached hydrogens (tertiary/aromatic N) is 4. The van der Waals surface area contributed by atoms with Gasteiger partial charge in [0.05, 0.1) is 17.1 Å². The average molecular weight is 465 g/mol. The number of ether oxygens (including phenoxy) is 1. The first-order valence-electron chi connectivity index (χ1n) is 11.2. The van der Waals surface area contributed by atoms with Gasteiger partial charge in [-0.1, -0.05) is 43.0 Å². The van der Waals surface area contributed by atoms with E-state index in [2.05, 4.69) is 11.7 Å². The van der Waals surface area contributed by atoms with Crippen molar-refractivity contribution in [3.63, 3.8) is 0 Å². The third kappa shape index (κ3) is 4.31. The minimum Gasteiger partial charge on any atom is -0.489 e. The summed E-state index contributed by atoms with van der Waals surface area (Å²) in [5.41, 5.74) is 2.69. The van der Waals surface area contributed by atoms with Crippen LogP contribution < -0.4 is 15.2 Å². The van der Waals surface area contributed by atoms with Crippen LogP contribution in [0, 0.1) is 0 Å². The molecule has 0 aliphatic carbocycles. The number of anilines is 1. The Morgan fingerprint density at radius 3 is 2.69 bits per heavy atom. The van der Waals surface area contributed by atoms with Gasteiger partial charge in [-0.3, -0.25) is 4.79 Å². The summed E-state index contributed by atoms with van der Waals surface area (Å²) in [6, 6.07) is 22.5. The first-order chi connectivity index (χ1) is 17.0. The molecule has 35 heavy (non-hydrogen) atoms. The second-order valence-corrected chi connectivity index (χ2v) is 8.18. The lowest BCUT2D eigenvalue weighted by molar-refractivity contribution is 0.363. The molecule has 5 aromatic rings. The Kier molecular flexibility index (Phi) is 5.89. The van der Waals surface area contributed by atoms with Crippen LogP contribution in [0.25, 0.3) is 33.5 Å². The van der Waals surface area contributed by atoms with E-state index >= 15 is 0 Å². The summed E-state index contributed by atoms with van der Waals surface area (Å²) in [7, 11) is 3.92. The molecule has 0 aliphatic rings. The summed E-state index contributed by atoms with van der Waals surface area (Å²) in [5, 5.41) is 5.94. The van der Waals surface area contributed by atoms with Gasteiger partial charge in [-0.15, -0.1) is 0 Å². The topological polar surface area (TPSA) is 72.9 Å². The molecule has 0 atom stereocenters. The zero-order chi connectivity index (χ0) is 24.4. The van der Waals surface area contributed by atoms with E-state index in [9.17, 15) is 4.79 Å². The van der Waals surface area contributed by atoms with E-state index in [0.717, 1.165) is 11.1 Å². The van der Waals surface area contributed by atoms with Gasteiger partial charge in [0.2, 0.25) is 5.82 Å². The maximum Gasteiger partial charge on any atom is 0.282 e. The number of para-hydroxylation sites is 2. The molecule has 3 aromatic carbocycles. The Balaban J connectivity index is 1.67. The van der Waals surface area contributed by atoms with Crippen LogP contribution >= 0.6 is 0 Å². The SMILES string of the molecule is C=CCOc1cc(N(C)C)ccc1C=Nn1c(-c2cc3ccccc3o2)nc2ccccc2c1=O. The maximum atomic E-state index is 13.5. The van der Waals surface area contributed by atoms with Gasteiger partial charge in [-0.2, -0.15) is 9.78 Å². The number of fused-ring (bicyclic) bond motifs is 2. The van der Waals surface area contributed by atoms with Crippen molar-refractivity contribution in [2.45, 2.75) is 0 Å². The van der Waals surface area contributed by atoms with Gasteiger partial charge in [0.15, 0.2) is 5.76 Å². The number of rotatable bonds is 7. The average Bonchev–Trinajstić information content (AvgIpc) is 3.31. The van der Waals surface area contributed by atoms with Gasteiger partial charge in [-0.25, -0.2) is 4.98 Å². The zero-order valence-electron chi connectivity index (χ0n) is 19.5. The molecule has 0 bridgehead atoms. The molecule has 0 radical (unpaired) electrons. The van der Waals surface area contributed by atoms with E-state index in [1.165, 1.54) is 4.68 Å². The number of hydrogen-bond acceptors (Lipinski definition) is 6. The van der Waals surface area contributed by atoms with E-state index in [1.807, 2.05) is 79.7 Å². The Labute approximate surface area is 202 Å². The molecule has 2 heterocycles. The van der Waals surface area contributed by atoms with Crippen LogP contribution in [-0.2, 0) is 0 Å². The highest BCUT2D eigenvalue weighted by molar-refractivity contribution is 5.86. The van der Waals surface area contributed by atoms with Gasteiger partial charge in [0.25, 0.3) is 5.56 Å². The van der Waals surface area contributed by atoms with Gasteiger partial charge < -0.3 is 14.1 Å². The second kappa shape index (κ2) is 9.30. The van der Waals surface area contributed by atoms with E-state index < -0.39 is 0 Å². The molecule has 0 unspecified atom stereocenters. The smallest absolute Gasteiger partial charge is 0.282 e. The summed E-state index contributed by atoms with van der Waals surface area (Å²) >= 11 is 0. The molecule has 7 nitrogen and oxygen atoms in total. The molecule has 0 amide bonds. The molecular weight excluding hydrogens is 440 g/mol. The molecule has 0 saturated heterocycles. The standard InChI is InChI=1S/C28H24N4O3/c1-4-15-34-25-17-21(31(2)3)14-13-20(25)18-29-32-27(26-16-19-9-5-8-12-24(19)35-26)30-23-11-7-6-10-22(23)28(32)33/h4-14,16-18H,1,15H2,2-3H3.